The summed E-state index contributed by atoms with van der Waals surface area (Å²) in [6.45, 7) is 7.38. The van der Waals surface area contributed by atoms with Gasteiger partial charge in [0.2, 0.25) is 0 Å². The monoisotopic (exact) mass is 245 g/mol. The lowest BCUT2D eigenvalue weighted by molar-refractivity contribution is -0.150. The molecule has 0 aliphatic carbocycles. The van der Waals surface area contributed by atoms with Gasteiger partial charge in [-0.15, -0.1) is 0 Å². The Morgan fingerprint density at radius 1 is 1.35 bits per heavy atom. The Kier molecular flexibility index (Phi) is 7.16. The molecule has 1 rings (SSSR count). The van der Waals surface area contributed by atoms with Crippen molar-refractivity contribution in [2.45, 2.75) is 26.3 Å². The van der Waals surface area contributed by atoms with Crippen LogP contribution < -0.4 is 5.32 Å². The van der Waals surface area contributed by atoms with Crippen molar-refractivity contribution in [3.8, 4) is 0 Å². The van der Waals surface area contributed by atoms with E-state index in [-0.39, 0.29) is 17.9 Å². The molecule has 1 aliphatic rings. The van der Waals surface area contributed by atoms with E-state index in [1.54, 1.807) is 0 Å². The number of carbonyl (C=O) groups is 1. The Bertz CT molecular complexity index is 223. The number of ether oxygens (including phenoxy) is 3. The van der Waals surface area contributed by atoms with Gasteiger partial charge in [0, 0.05) is 12.6 Å². The fourth-order valence-corrected chi connectivity index (χ4v) is 1.77. The smallest absolute Gasteiger partial charge is 0.313 e. The van der Waals surface area contributed by atoms with Crippen LogP contribution in [0.2, 0.25) is 0 Å². The molecule has 0 aromatic heterocycles. The molecule has 2 unspecified atom stereocenters. The van der Waals surface area contributed by atoms with Gasteiger partial charge in [-0.3, -0.25) is 4.79 Å². The van der Waals surface area contributed by atoms with E-state index in [4.69, 9.17) is 14.2 Å². The van der Waals surface area contributed by atoms with Gasteiger partial charge in [0.05, 0.1) is 25.7 Å². The van der Waals surface area contributed by atoms with Crippen LogP contribution in [0.4, 0.5) is 0 Å². The van der Waals surface area contributed by atoms with Crippen LogP contribution >= 0.6 is 0 Å². The molecule has 0 spiro atoms. The van der Waals surface area contributed by atoms with Gasteiger partial charge in [-0.2, -0.15) is 0 Å². The van der Waals surface area contributed by atoms with Crippen molar-refractivity contribution in [3.05, 3.63) is 0 Å². The summed E-state index contributed by atoms with van der Waals surface area (Å²) < 4.78 is 15.6. The topological polar surface area (TPSA) is 56.8 Å². The Labute approximate surface area is 103 Å². The SMILES string of the molecule is CCCNC1COCC1C(=O)OCCOCC. The second-order valence-corrected chi connectivity index (χ2v) is 4.07. The van der Waals surface area contributed by atoms with Crippen LogP contribution in [0.15, 0.2) is 0 Å². The van der Waals surface area contributed by atoms with Crippen molar-refractivity contribution >= 4 is 5.97 Å². The van der Waals surface area contributed by atoms with Crippen molar-refractivity contribution in [1.29, 1.82) is 0 Å². The average Bonchev–Trinajstić information content (AvgIpc) is 2.80. The minimum absolute atomic E-state index is 0.0922. The molecule has 5 heteroatoms. The van der Waals surface area contributed by atoms with E-state index in [1.165, 1.54) is 0 Å². The summed E-state index contributed by atoms with van der Waals surface area (Å²) in [5, 5.41) is 3.31. The molecule has 0 saturated carbocycles. The molecule has 0 aromatic carbocycles. The van der Waals surface area contributed by atoms with Gasteiger partial charge >= 0.3 is 5.97 Å². The number of nitrogens with one attached hydrogen (secondary N) is 1. The van der Waals surface area contributed by atoms with Crippen LogP contribution in [0.3, 0.4) is 0 Å². The maximum atomic E-state index is 11.8. The average molecular weight is 245 g/mol. The first-order valence-corrected chi connectivity index (χ1v) is 6.35. The standard InChI is InChI=1S/C12H23NO4/c1-3-5-13-11-9-16-8-10(11)12(14)17-7-6-15-4-2/h10-11,13H,3-9H2,1-2H3. The van der Waals surface area contributed by atoms with Crippen molar-refractivity contribution in [3.63, 3.8) is 0 Å². The fourth-order valence-electron chi connectivity index (χ4n) is 1.77. The predicted molar refractivity (Wildman–Crippen MR) is 63.8 cm³/mol. The summed E-state index contributed by atoms with van der Waals surface area (Å²) in [6, 6.07) is 0.0922. The molecule has 0 amide bonds. The number of hydrogen-bond donors (Lipinski definition) is 1. The van der Waals surface area contributed by atoms with E-state index in [2.05, 4.69) is 12.2 Å². The van der Waals surface area contributed by atoms with Gasteiger partial charge in [0.1, 0.15) is 6.61 Å². The first-order chi connectivity index (χ1) is 8.29. The first kappa shape index (κ1) is 14.4. The minimum atomic E-state index is -0.184. The van der Waals surface area contributed by atoms with Gasteiger partial charge < -0.3 is 19.5 Å². The number of esters is 1. The largest absolute Gasteiger partial charge is 0.463 e. The second-order valence-electron chi connectivity index (χ2n) is 4.07. The minimum Gasteiger partial charge on any atom is -0.463 e. The Hall–Kier alpha value is -0.650. The number of hydrogen-bond acceptors (Lipinski definition) is 5. The molecule has 0 bridgehead atoms. The van der Waals surface area contributed by atoms with E-state index in [0.717, 1.165) is 13.0 Å². The third kappa shape index (κ3) is 5.02. The van der Waals surface area contributed by atoms with Gasteiger partial charge in [-0.1, -0.05) is 6.92 Å². The lowest BCUT2D eigenvalue weighted by atomic mass is 10.0. The molecule has 0 radical (unpaired) electrons. The Balaban J connectivity index is 2.24. The maximum absolute atomic E-state index is 11.8. The normalized spacial score (nSPS) is 23.9. The molecule has 1 N–H and O–H groups in total. The van der Waals surface area contributed by atoms with Crippen LogP contribution in [0.25, 0.3) is 0 Å². The highest BCUT2D eigenvalue weighted by Gasteiger charge is 2.34. The van der Waals surface area contributed by atoms with Crippen LogP contribution in [0, 0.1) is 5.92 Å². The molecule has 100 valence electrons. The van der Waals surface area contributed by atoms with Crippen molar-refractivity contribution < 1.29 is 19.0 Å². The molecular formula is C12H23NO4. The fraction of sp³-hybridized carbons (Fsp3) is 0.917. The summed E-state index contributed by atoms with van der Waals surface area (Å²) in [7, 11) is 0. The van der Waals surface area contributed by atoms with E-state index in [0.29, 0.717) is 33.0 Å². The van der Waals surface area contributed by atoms with Gasteiger partial charge in [-0.05, 0) is 19.9 Å². The van der Waals surface area contributed by atoms with Crippen molar-refractivity contribution in [2.75, 3.05) is 39.6 Å². The third-order valence-electron chi connectivity index (χ3n) is 2.72. The molecule has 1 fully saturated rings. The Morgan fingerprint density at radius 3 is 2.88 bits per heavy atom. The molecule has 0 aromatic rings. The van der Waals surface area contributed by atoms with Gasteiger partial charge in [-0.25, -0.2) is 0 Å². The quantitative estimate of drug-likeness (QED) is 0.501. The van der Waals surface area contributed by atoms with Crippen LogP contribution in [0.5, 0.6) is 0 Å². The third-order valence-corrected chi connectivity index (χ3v) is 2.72. The highest BCUT2D eigenvalue weighted by Crippen LogP contribution is 2.15. The first-order valence-electron chi connectivity index (χ1n) is 6.35. The summed E-state index contributed by atoms with van der Waals surface area (Å²) >= 11 is 0. The predicted octanol–water partition coefficient (Wildman–Crippen LogP) is 0.581. The van der Waals surface area contributed by atoms with Gasteiger partial charge in [0.15, 0.2) is 0 Å². The van der Waals surface area contributed by atoms with E-state index in [1.807, 2.05) is 6.92 Å². The van der Waals surface area contributed by atoms with Crippen LogP contribution in [0.1, 0.15) is 20.3 Å². The number of rotatable bonds is 8. The summed E-state index contributed by atoms with van der Waals surface area (Å²) in [5.74, 6) is -0.362. The van der Waals surface area contributed by atoms with Gasteiger partial charge in [0.25, 0.3) is 0 Å². The summed E-state index contributed by atoms with van der Waals surface area (Å²) in [5.41, 5.74) is 0. The zero-order valence-electron chi connectivity index (χ0n) is 10.7. The van der Waals surface area contributed by atoms with E-state index >= 15 is 0 Å². The molecule has 2 atom stereocenters. The summed E-state index contributed by atoms with van der Waals surface area (Å²) in [4.78, 5) is 11.8. The molecule has 1 aliphatic heterocycles. The van der Waals surface area contributed by atoms with Crippen LogP contribution in [-0.4, -0.2) is 51.6 Å². The highest BCUT2D eigenvalue weighted by atomic mass is 16.6. The molecule has 1 heterocycles. The lowest BCUT2D eigenvalue weighted by Crippen LogP contribution is -2.40. The Morgan fingerprint density at radius 2 is 2.18 bits per heavy atom. The second kappa shape index (κ2) is 8.44. The highest BCUT2D eigenvalue weighted by molar-refractivity contribution is 5.73. The maximum Gasteiger partial charge on any atom is 0.313 e. The summed E-state index contributed by atoms with van der Waals surface area (Å²) in [6.07, 6.45) is 1.04. The van der Waals surface area contributed by atoms with Crippen LogP contribution in [-0.2, 0) is 19.0 Å². The zero-order chi connectivity index (χ0) is 12.5. The van der Waals surface area contributed by atoms with Crippen molar-refractivity contribution in [1.82, 2.24) is 5.32 Å². The molecular weight excluding hydrogens is 222 g/mol. The molecule has 17 heavy (non-hydrogen) atoms. The van der Waals surface area contributed by atoms with E-state index < -0.39 is 0 Å². The van der Waals surface area contributed by atoms with E-state index in [9.17, 15) is 4.79 Å². The van der Waals surface area contributed by atoms with Crippen molar-refractivity contribution in [2.24, 2.45) is 5.92 Å². The number of carbonyl (C=O) groups excluding carboxylic acids is 1. The lowest BCUT2D eigenvalue weighted by Gasteiger charge is -2.17. The molecule has 5 nitrogen and oxygen atoms in total. The zero-order valence-corrected chi connectivity index (χ0v) is 10.7. The molecule has 1 saturated heterocycles.